The third-order valence-electron chi connectivity index (χ3n) is 4.51. The maximum Gasteiger partial charge on any atom is 0.293 e. The zero-order chi connectivity index (χ0) is 18.0. The zero-order valence-electron chi connectivity index (χ0n) is 14.3. The maximum absolute atomic E-state index is 12.5. The topological polar surface area (TPSA) is 101 Å². The van der Waals surface area contributed by atoms with Crippen molar-refractivity contribution in [2.24, 2.45) is 11.1 Å². The SMILES string of the molecule is CC1(C)CN(C(=O)Cc2csc(NC(=O)c3ccco3)n2)CCC1N. The van der Waals surface area contributed by atoms with Gasteiger partial charge in [-0.3, -0.25) is 14.9 Å². The number of thiazole rings is 1. The van der Waals surface area contributed by atoms with Crippen molar-refractivity contribution < 1.29 is 14.0 Å². The van der Waals surface area contributed by atoms with Gasteiger partial charge in [-0.1, -0.05) is 13.8 Å². The van der Waals surface area contributed by atoms with Gasteiger partial charge in [-0.05, 0) is 24.0 Å². The average molecular weight is 362 g/mol. The monoisotopic (exact) mass is 362 g/mol. The summed E-state index contributed by atoms with van der Waals surface area (Å²) in [6, 6.07) is 3.34. The number of rotatable bonds is 4. The van der Waals surface area contributed by atoms with Crippen LogP contribution in [0.1, 0.15) is 36.5 Å². The van der Waals surface area contributed by atoms with Gasteiger partial charge in [-0.25, -0.2) is 4.98 Å². The Kier molecular flexibility index (Phi) is 4.91. The number of carbonyl (C=O) groups is 2. The molecule has 134 valence electrons. The van der Waals surface area contributed by atoms with Crippen LogP contribution in [0.2, 0.25) is 0 Å². The molecule has 7 nitrogen and oxygen atoms in total. The molecule has 2 aromatic heterocycles. The van der Waals surface area contributed by atoms with Crippen LogP contribution in [-0.4, -0.2) is 40.8 Å². The molecule has 1 aliphatic rings. The summed E-state index contributed by atoms with van der Waals surface area (Å²) in [7, 11) is 0. The highest BCUT2D eigenvalue weighted by Gasteiger charge is 2.35. The normalized spacial score (nSPS) is 19.6. The van der Waals surface area contributed by atoms with Gasteiger partial charge < -0.3 is 15.1 Å². The van der Waals surface area contributed by atoms with Crippen LogP contribution < -0.4 is 11.1 Å². The van der Waals surface area contributed by atoms with Crippen molar-refractivity contribution in [2.75, 3.05) is 18.4 Å². The third-order valence-corrected chi connectivity index (χ3v) is 5.32. The Morgan fingerprint density at radius 2 is 2.32 bits per heavy atom. The van der Waals surface area contributed by atoms with E-state index >= 15 is 0 Å². The number of nitrogens with one attached hydrogen (secondary N) is 1. The van der Waals surface area contributed by atoms with Gasteiger partial charge in [0.25, 0.3) is 5.91 Å². The Bertz CT molecular complexity index is 754. The van der Waals surface area contributed by atoms with Crippen LogP contribution in [0, 0.1) is 5.41 Å². The van der Waals surface area contributed by atoms with E-state index in [1.165, 1.54) is 17.6 Å². The lowest BCUT2D eigenvalue weighted by Gasteiger charge is -2.42. The molecule has 3 N–H and O–H groups in total. The highest BCUT2D eigenvalue weighted by Crippen LogP contribution is 2.28. The largest absolute Gasteiger partial charge is 0.459 e. The number of hydrogen-bond acceptors (Lipinski definition) is 6. The number of nitrogens with two attached hydrogens (primary N) is 1. The van der Waals surface area contributed by atoms with E-state index in [0.717, 1.165) is 6.42 Å². The number of likely N-dealkylation sites (tertiary alicyclic amines) is 1. The van der Waals surface area contributed by atoms with Crippen molar-refractivity contribution in [1.29, 1.82) is 0 Å². The Balaban J connectivity index is 1.58. The average Bonchev–Trinajstić information content (AvgIpc) is 3.21. The number of aromatic nitrogens is 1. The molecule has 2 aromatic rings. The predicted octanol–water partition coefficient (Wildman–Crippen LogP) is 2.12. The molecule has 3 rings (SSSR count). The third kappa shape index (κ3) is 4.08. The molecule has 1 atom stereocenters. The zero-order valence-corrected chi connectivity index (χ0v) is 15.1. The first kappa shape index (κ1) is 17.6. The molecular formula is C17H22N4O3S. The number of piperidine rings is 1. The predicted molar refractivity (Wildman–Crippen MR) is 95.4 cm³/mol. The van der Waals surface area contributed by atoms with E-state index in [1.807, 2.05) is 4.90 Å². The van der Waals surface area contributed by atoms with Gasteiger partial charge >= 0.3 is 0 Å². The minimum absolute atomic E-state index is 0.0363. The van der Waals surface area contributed by atoms with Gasteiger partial charge in [0, 0.05) is 24.5 Å². The van der Waals surface area contributed by atoms with Crippen molar-refractivity contribution >= 4 is 28.3 Å². The van der Waals surface area contributed by atoms with Crippen LogP contribution in [0.3, 0.4) is 0 Å². The van der Waals surface area contributed by atoms with Crippen LogP contribution in [0.25, 0.3) is 0 Å². The number of anilines is 1. The smallest absolute Gasteiger partial charge is 0.293 e. The lowest BCUT2D eigenvalue weighted by Crippen LogP contribution is -2.54. The second kappa shape index (κ2) is 6.97. The van der Waals surface area contributed by atoms with Gasteiger partial charge in [-0.15, -0.1) is 11.3 Å². The quantitative estimate of drug-likeness (QED) is 0.867. The highest BCUT2D eigenvalue weighted by atomic mass is 32.1. The molecular weight excluding hydrogens is 340 g/mol. The minimum Gasteiger partial charge on any atom is -0.459 e. The summed E-state index contributed by atoms with van der Waals surface area (Å²) < 4.78 is 5.04. The highest BCUT2D eigenvalue weighted by molar-refractivity contribution is 7.14. The number of amides is 2. The van der Waals surface area contributed by atoms with Crippen molar-refractivity contribution in [3.63, 3.8) is 0 Å². The van der Waals surface area contributed by atoms with E-state index < -0.39 is 0 Å². The van der Waals surface area contributed by atoms with Crippen molar-refractivity contribution in [2.45, 2.75) is 32.7 Å². The molecule has 0 radical (unpaired) electrons. The van der Waals surface area contributed by atoms with E-state index in [0.29, 0.717) is 23.9 Å². The fourth-order valence-electron chi connectivity index (χ4n) is 2.87. The Hall–Kier alpha value is -2.19. The molecule has 0 bridgehead atoms. The number of furan rings is 1. The second-order valence-corrected chi connectivity index (χ2v) is 7.81. The summed E-state index contributed by atoms with van der Waals surface area (Å²) in [4.78, 5) is 30.6. The molecule has 1 unspecified atom stereocenters. The maximum atomic E-state index is 12.5. The number of nitrogens with zero attached hydrogens (tertiary/aromatic N) is 2. The van der Waals surface area contributed by atoms with E-state index in [4.69, 9.17) is 10.2 Å². The minimum atomic E-state index is -0.357. The lowest BCUT2D eigenvalue weighted by atomic mass is 9.79. The van der Waals surface area contributed by atoms with Gasteiger partial charge in [0.15, 0.2) is 10.9 Å². The molecule has 1 aliphatic heterocycles. The van der Waals surface area contributed by atoms with Crippen molar-refractivity contribution in [1.82, 2.24) is 9.88 Å². The lowest BCUT2D eigenvalue weighted by molar-refractivity contribution is -0.133. The van der Waals surface area contributed by atoms with Gasteiger partial charge in [-0.2, -0.15) is 0 Å². The summed E-state index contributed by atoms with van der Waals surface area (Å²) >= 11 is 1.29. The first-order chi connectivity index (χ1) is 11.8. The standard InChI is InChI=1S/C17H22N4O3S/c1-17(2)10-21(6-5-13(17)18)14(22)8-11-9-25-16(19-11)20-15(23)12-4-3-7-24-12/h3-4,7,9,13H,5-6,8,10,18H2,1-2H3,(H,19,20,23). The van der Waals surface area contributed by atoms with Crippen LogP contribution >= 0.6 is 11.3 Å². The Morgan fingerprint density at radius 1 is 1.52 bits per heavy atom. The van der Waals surface area contributed by atoms with Gasteiger partial charge in [0.1, 0.15) is 0 Å². The Morgan fingerprint density at radius 3 is 3.00 bits per heavy atom. The fourth-order valence-corrected chi connectivity index (χ4v) is 3.57. The molecule has 1 saturated heterocycles. The molecule has 0 spiro atoms. The molecule has 8 heteroatoms. The molecule has 0 aliphatic carbocycles. The molecule has 2 amide bonds. The summed E-state index contributed by atoms with van der Waals surface area (Å²) in [6.07, 6.45) is 2.46. The molecule has 0 saturated carbocycles. The molecule has 25 heavy (non-hydrogen) atoms. The van der Waals surface area contributed by atoms with Crippen LogP contribution in [0.4, 0.5) is 5.13 Å². The summed E-state index contributed by atoms with van der Waals surface area (Å²) in [5, 5.41) is 4.91. The molecule has 3 heterocycles. The van der Waals surface area contributed by atoms with E-state index in [-0.39, 0.29) is 35.5 Å². The summed E-state index contributed by atoms with van der Waals surface area (Å²) in [5.74, 6) is -0.0992. The van der Waals surface area contributed by atoms with E-state index in [2.05, 4.69) is 24.1 Å². The van der Waals surface area contributed by atoms with Crippen molar-refractivity contribution in [3.05, 3.63) is 35.2 Å². The van der Waals surface area contributed by atoms with Crippen LogP contribution in [-0.2, 0) is 11.2 Å². The molecule has 1 fully saturated rings. The van der Waals surface area contributed by atoms with Crippen LogP contribution in [0.5, 0.6) is 0 Å². The first-order valence-electron chi connectivity index (χ1n) is 8.18. The van der Waals surface area contributed by atoms with Gasteiger partial charge in [0.2, 0.25) is 5.91 Å². The van der Waals surface area contributed by atoms with Crippen LogP contribution in [0.15, 0.2) is 28.2 Å². The van der Waals surface area contributed by atoms with E-state index in [1.54, 1.807) is 17.5 Å². The second-order valence-electron chi connectivity index (χ2n) is 6.95. The Labute approximate surface area is 150 Å². The number of carbonyl (C=O) groups excluding carboxylic acids is 2. The van der Waals surface area contributed by atoms with E-state index in [9.17, 15) is 9.59 Å². The summed E-state index contributed by atoms with van der Waals surface area (Å²) in [5.41, 5.74) is 6.69. The number of hydrogen-bond donors (Lipinski definition) is 2. The molecule has 0 aromatic carbocycles. The first-order valence-corrected chi connectivity index (χ1v) is 9.06. The van der Waals surface area contributed by atoms with Crippen molar-refractivity contribution in [3.8, 4) is 0 Å². The van der Waals surface area contributed by atoms with Gasteiger partial charge in [0.05, 0.1) is 18.4 Å². The fraction of sp³-hybridized carbons (Fsp3) is 0.471. The summed E-state index contributed by atoms with van der Waals surface area (Å²) in [6.45, 7) is 5.50.